The second-order valence-corrected chi connectivity index (χ2v) is 15.4. The summed E-state index contributed by atoms with van der Waals surface area (Å²) in [4.78, 5) is 24.6. The Morgan fingerprint density at radius 2 is 1.39 bits per heavy atom. The molecule has 0 unspecified atom stereocenters. The van der Waals surface area contributed by atoms with Crippen LogP contribution in [0.5, 0.6) is 0 Å². The van der Waals surface area contributed by atoms with Crippen LogP contribution in [0.15, 0.2) is 0 Å². The summed E-state index contributed by atoms with van der Waals surface area (Å²) in [7, 11) is -2.28. The third-order valence-corrected chi connectivity index (χ3v) is 8.89. The Labute approximate surface area is 171 Å². The molecule has 1 amide bonds. The molecule has 8 heteroatoms. The summed E-state index contributed by atoms with van der Waals surface area (Å²) in [5.74, 6) is -0.444. The van der Waals surface area contributed by atoms with Gasteiger partial charge >= 0.3 is 12.1 Å². The van der Waals surface area contributed by atoms with Crippen molar-refractivity contribution in [2.45, 2.75) is 110 Å². The standard InChI is InChI=1S/C20H41NO6Si/c1-18(2,3)25-16(23)12-15(27-28(10,11)20(7,8)9)14(13-22)21-17(24)26-19(4,5)6/h14-15,22H,12-13H2,1-11H3,(H,21,24)/t14-,15-/m1/s1. The fourth-order valence-corrected chi connectivity index (χ4v) is 3.44. The number of carbonyl (C=O) groups is 2. The first-order valence-corrected chi connectivity index (χ1v) is 12.7. The largest absolute Gasteiger partial charge is 0.460 e. The van der Waals surface area contributed by atoms with Gasteiger partial charge in [0.05, 0.1) is 25.2 Å². The van der Waals surface area contributed by atoms with Crippen LogP contribution in [-0.4, -0.2) is 55.4 Å². The van der Waals surface area contributed by atoms with E-state index in [0.29, 0.717) is 0 Å². The topological polar surface area (TPSA) is 94.1 Å². The van der Waals surface area contributed by atoms with E-state index in [1.807, 2.05) is 0 Å². The first kappa shape index (κ1) is 26.9. The van der Waals surface area contributed by atoms with Crippen LogP contribution in [0.25, 0.3) is 0 Å². The number of aliphatic hydroxyl groups excluding tert-OH is 1. The van der Waals surface area contributed by atoms with Crippen molar-refractivity contribution >= 4 is 20.4 Å². The lowest BCUT2D eigenvalue weighted by atomic mass is 10.1. The second-order valence-electron chi connectivity index (χ2n) is 10.6. The lowest BCUT2D eigenvalue weighted by Gasteiger charge is -2.41. The van der Waals surface area contributed by atoms with E-state index in [0.717, 1.165) is 0 Å². The van der Waals surface area contributed by atoms with Crippen LogP contribution in [0.3, 0.4) is 0 Å². The average Bonchev–Trinajstić information content (AvgIpc) is 2.38. The number of rotatable bonds is 7. The Morgan fingerprint density at radius 1 is 0.929 bits per heavy atom. The number of alkyl carbamates (subject to hydrolysis) is 1. The van der Waals surface area contributed by atoms with Gasteiger partial charge in [0.15, 0.2) is 8.32 Å². The van der Waals surface area contributed by atoms with Gasteiger partial charge in [-0.1, -0.05) is 20.8 Å². The molecule has 2 N–H and O–H groups in total. The summed E-state index contributed by atoms with van der Waals surface area (Å²) < 4.78 is 17.1. The van der Waals surface area contributed by atoms with E-state index in [1.165, 1.54) is 0 Å². The normalized spacial score (nSPS) is 15.6. The van der Waals surface area contributed by atoms with Gasteiger partial charge in [0.2, 0.25) is 0 Å². The number of hydrogen-bond donors (Lipinski definition) is 2. The molecule has 0 aromatic rings. The molecule has 0 radical (unpaired) electrons. The van der Waals surface area contributed by atoms with E-state index in [2.05, 4.69) is 39.2 Å². The van der Waals surface area contributed by atoms with Gasteiger partial charge in [-0.15, -0.1) is 0 Å². The molecule has 0 aliphatic rings. The Balaban J connectivity index is 5.53. The smallest absolute Gasteiger partial charge is 0.408 e. The fraction of sp³-hybridized carbons (Fsp3) is 0.900. The number of ether oxygens (including phenoxy) is 2. The third-order valence-electron chi connectivity index (χ3n) is 4.39. The van der Waals surface area contributed by atoms with Crippen molar-refractivity contribution in [1.29, 1.82) is 0 Å². The van der Waals surface area contributed by atoms with Gasteiger partial charge in [0.1, 0.15) is 11.2 Å². The SMILES string of the molecule is CC(C)(C)OC(=O)C[C@@H](O[Si](C)(C)C(C)(C)C)[C@@H](CO)NC(=O)OC(C)(C)C. The minimum atomic E-state index is -2.28. The van der Waals surface area contributed by atoms with Gasteiger partial charge in [-0.05, 0) is 59.7 Å². The molecule has 0 bridgehead atoms. The van der Waals surface area contributed by atoms with Crippen LogP contribution < -0.4 is 5.32 Å². The van der Waals surface area contributed by atoms with Crippen molar-refractivity contribution in [3.8, 4) is 0 Å². The van der Waals surface area contributed by atoms with Crippen LogP contribution in [0.4, 0.5) is 4.79 Å². The molecule has 0 saturated heterocycles. The molecule has 0 rings (SSSR count). The lowest BCUT2D eigenvalue weighted by molar-refractivity contribution is -0.157. The quantitative estimate of drug-likeness (QED) is 0.478. The van der Waals surface area contributed by atoms with Crippen LogP contribution >= 0.6 is 0 Å². The first-order valence-electron chi connectivity index (χ1n) is 9.77. The number of hydrogen-bond acceptors (Lipinski definition) is 6. The molecule has 0 heterocycles. The minimum absolute atomic E-state index is 0.0786. The van der Waals surface area contributed by atoms with Crippen molar-refractivity contribution in [1.82, 2.24) is 5.32 Å². The molecule has 7 nitrogen and oxygen atoms in total. The molecule has 166 valence electrons. The van der Waals surface area contributed by atoms with E-state index in [9.17, 15) is 14.7 Å². The van der Waals surface area contributed by atoms with Crippen molar-refractivity contribution in [3.63, 3.8) is 0 Å². The number of carbonyl (C=O) groups excluding carboxylic acids is 2. The van der Waals surface area contributed by atoms with E-state index < -0.39 is 43.7 Å². The fourth-order valence-electron chi connectivity index (χ4n) is 2.08. The molecular formula is C20H41NO6Si. The highest BCUT2D eigenvalue weighted by Gasteiger charge is 2.42. The monoisotopic (exact) mass is 419 g/mol. The summed E-state index contributed by atoms with van der Waals surface area (Å²) in [5.41, 5.74) is -1.31. The Morgan fingerprint density at radius 3 is 1.75 bits per heavy atom. The van der Waals surface area contributed by atoms with E-state index in [4.69, 9.17) is 13.9 Å². The van der Waals surface area contributed by atoms with Crippen molar-refractivity contribution in [2.24, 2.45) is 0 Å². The van der Waals surface area contributed by atoms with Crippen LogP contribution in [-0.2, 0) is 18.7 Å². The summed E-state index contributed by atoms with van der Waals surface area (Å²) >= 11 is 0. The zero-order valence-electron chi connectivity index (χ0n) is 19.6. The van der Waals surface area contributed by atoms with Crippen LogP contribution in [0.2, 0.25) is 18.1 Å². The Hall–Kier alpha value is -1.12. The van der Waals surface area contributed by atoms with Gasteiger partial charge in [-0.2, -0.15) is 0 Å². The lowest BCUT2D eigenvalue weighted by Crippen LogP contribution is -2.54. The molecular weight excluding hydrogens is 378 g/mol. The molecule has 0 aromatic carbocycles. The molecule has 0 fully saturated rings. The van der Waals surface area contributed by atoms with Crippen LogP contribution in [0, 0.1) is 0 Å². The molecule has 0 aliphatic heterocycles. The van der Waals surface area contributed by atoms with E-state index >= 15 is 0 Å². The highest BCUT2D eigenvalue weighted by atomic mass is 28.4. The maximum absolute atomic E-state index is 12.4. The molecule has 28 heavy (non-hydrogen) atoms. The molecule has 0 saturated carbocycles. The van der Waals surface area contributed by atoms with Crippen molar-refractivity contribution in [3.05, 3.63) is 0 Å². The van der Waals surface area contributed by atoms with Gasteiger partial charge in [-0.3, -0.25) is 4.79 Å². The highest BCUT2D eigenvalue weighted by molar-refractivity contribution is 6.74. The maximum atomic E-state index is 12.4. The summed E-state index contributed by atoms with van der Waals surface area (Å²) in [6.07, 6.45) is -1.47. The van der Waals surface area contributed by atoms with Gasteiger partial charge in [0.25, 0.3) is 0 Å². The van der Waals surface area contributed by atoms with Crippen LogP contribution in [0.1, 0.15) is 68.7 Å². The zero-order valence-corrected chi connectivity index (χ0v) is 20.6. The number of nitrogens with one attached hydrogen (secondary N) is 1. The molecule has 0 spiro atoms. The highest BCUT2D eigenvalue weighted by Crippen LogP contribution is 2.38. The number of aliphatic hydroxyl groups is 1. The third kappa shape index (κ3) is 10.4. The summed E-state index contributed by atoms with van der Waals surface area (Å²) in [5, 5.41) is 12.4. The maximum Gasteiger partial charge on any atom is 0.408 e. The van der Waals surface area contributed by atoms with Gasteiger partial charge < -0.3 is 24.3 Å². The van der Waals surface area contributed by atoms with Crippen molar-refractivity contribution in [2.75, 3.05) is 6.61 Å². The van der Waals surface area contributed by atoms with Gasteiger partial charge in [-0.25, -0.2) is 4.79 Å². The number of esters is 1. The minimum Gasteiger partial charge on any atom is -0.460 e. The Kier molecular flexibility index (Phi) is 9.20. The number of amides is 1. The molecule has 0 aliphatic carbocycles. The Bertz CT molecular complexity index is 528. The summed E-state index contributed by atoms with van der Waals surface area (Å²) in [6, 6.07) is -0.795. The second kappa shape index (κ2) is 9.58. The predicted octanol–water partition coefficient (Wildman–Crippen LogP) is 3.99. The predicted molar refractivity (Wildman–Crippen MR) is 113 cm³/mol. The average molecular weight is 420 g/mol. The van der Waals surface area contributed by atoms with E-state index in [-0.39, 0.29) is 18.1 Å². The van der Waals surface area contributed by atoms with Gasteiger partial charge in [0, 0.05) is 0 Å². The molecule has 0 aromatic heterocycles. The first-order chi connectivity index (χ1) is 12.3. The summed E-state index contributed by atoms with van der Waals surface area (Å²) in [6.45, 7) is 20.6. The molecule has 2 atom stereocenters. The van der Waals surface area contributed by atoms with E-state index in [1.54, 1.807) is 41.5 Å². The zero-order chi connectivity index (χ0) is 22.6. The van der Waals surface area contributed by atoms with Crippen molar-refractivity contribution < 1.29 is 28.6 Å².